The highest BCUT2D eigenvalue weighted by Gasteiger charge is 2.14. The Morgan fingerprint density at radius 2 is 1.50 bits per heavy atom. The van der Waals surface area contributed by atoms with E-state index >= 15 is 0 Å². The van der Waals surface area contributed by atoms with Crippen molar-refractivity contribution in [3.8, 4) is 23.0 Å². The number of amides is 1. The minimum absolute atomic E-state index is 0.220. The van der Waals surface area contributed by atoms with Crippen molar-refractivity contribution < 1.29 is 25.2 Å². The van der Waals surface area contributed by atoms with E-state index < -0.39 is 28.4 Å². The fourth-order valence-corrected chi connectivity index (χ4v) is 2.15. The van der Waals surface area contributed by atoms with Gasteiger partial charge in [0.1, 0.15) is 0 Å². The van der Waals surface area contributed by atoms with E-state index in [-0.39, 0.29) is 16.7 Å². The van der Waals surface area contributed by atoms with E-state index in [1.807, 2.05) is 11.5 Å². The Morgan fingerprint density at radius 1 is 0.846 bits per heavy atom. The molecular formula is C18H16N2O6. The Kier molecular flexibility index (Phi) is 5.61. The molecule has 0 saturated heterocycles. The Labute approximate surface area is 147 Å². The van der Waals surface area contributed by atoms with Gasteiger partial charge in [0.25, 0.3) is 5.91 Å². The van der Waals surface area contributed by atoms with Gasteiger partial charge >= 0.3 is 0 Å². The summed E-state index contributed by atoms with van der Waals surface area (Å²) in [4.78, 5) is 22.4. The van der Waals surface area contributed by atoms with Crippen molar-refractivity contribution in [2.75, 3.05) is 0 Å². The van der Waals surface area contributed by atoms with Gasteiger partial charge in [0.05, 0.1) is 5.39 Å². The molecule has 0 aliphatic rings. The molecule has 0 spiro atoms. The average Bonchev–Trinajstić information content (AvgIpc) is 2.79. The van der Waals surface area contributed by atoms with Gasteiger partial charge in [-0.1, -0.05) is 30.3 Å². The number of nitrogens with two attached hydrogens (primary N) is 1. The van der Waals surface area contributed by atoms with Crippen molar-refractivity contribution in [1.82, 2.24) is 5.43 Å². The third-order valence-electron chi connectivity index (χ3n) is 3.44. The van der Waals surface area contributed by atoms with Gasteiger partial charge in [0.2, 0.25) is 11.2 Å². The number of phenols is 3. The van der Waals surface area contributed by atoms with Gasteiger partial charge < -0.3 is 20.4 Å². The molecule has 0 aliphatic heterocycles. The molecular weight excluding hydrogens is 340 g/mol. The number of carbonyl (C=O) groups is 1. The summed E-state index contributed by atoms with van der Waals surface area (Å²) >= 11 is 0. The molecule has 0 aliphatic carbocycles. The van der Waals surface area contributed by atoms with Crippen LogP contribution in [-0.2, 0) is 0 Å². The van der Waals surface area contributed by atoms with Gasteiger partial charge in [-0.3, -0.25) is 15.0 Å². The Bertz CT molecular complexity index is 1010. The Morgan fingerprint density at radius 3 is 2.12 bits per heavy atom. The molecule has 0 saturated carbocycles. The highest BCUT2D eigenvalue weighted by Crippen LogP contribution is 2.39. The van der Waals surface area contributed by atoms with E-state index in [1.54, 1.807) is 24.3 Å². The number of hydrogen-bond donors (Lipinski definition) is 6. The lowest BCUT2D eigenvalue weighted by molar-refractivity contribution is 0.0953. The SMILES string of the molecule is NNC(=O)c1ccccc1.O=c1c(O)cccc2cc(O)c(O)c(O)c12. The first-order valence-electron chi connectivity index (χ1n) is 7.32. The second-order valence-corrected chi connectivity index (χ2v) is 5.14. The molecule has 8 nitrogen and oxygen atoms in total. The lowest BCUT2D eigenvalue weighted by Crippen LogP contribution is -2.29. The summed E-state index contributed by atoms with van der Waals surface area (Å²) in [6, 6.07) is 13.9. The molecule has 0 unspecified atom stereocenters. The number of benzene rings is 2. The van der Waals surface area contributed by atoms with Crippen molar-refractivity contribution in [3.63, 3.8) is 0 Å². The molecule has 3 aromatic rings. The molecule has 1 amide bonds. The molecule has 0 atom stereocenters. The van der Waals surface area contributed by atoms with Crippen molar-refractivity contribution in [1.29, 1.82) is 0 Å². The molecule has 3 rings (SSSR count). The maximum Gasteiger partial charge on any atom is 0.265 e. The number of nitrogens with one attached hydrogen (secondary N) is 1. The van der Waals surface area contributed by atoms with Gasteiger partial charge in [-0.2, -0.15) is 0 Å². The predicted octanol–water partition coefficient (Wildman–Crippen LogP) is 1.31. The first kappa shape index (κ1) is 18.6. The number of phenolic OH excluding ortho intramolecular Hbond substituents is 3. The van der Waals surface area contributed by atoms with E-state index in [0.717, 1.165) is 12.1 Å². The normalized spacial score (nSPS) is 9.88. The number of nitrogen functional groups attached to an aromatic ring is 1. The lowest BCUT2D eigenvalue weighted by atomic mass is 10.1. The molecule has 0 bridgehead atoms. The fraction of sp³-hybridized carbons (Fsp3) is 0. The third-order valence-corrected chi connectivity index (χ3v) is 3.44. The van der Waals surface area contributed by atoms with Gasteiger partial charge in [-0.25, -0.2) is 5.84 Å². The summed E-state index contributed by atoms with van der Waals surface area (Å²) in [5.41, 5.74) is 1.80. The van der Waals surface area contributed by atoms with Crippen molar-refractivity contribution in [2.24, 2.45) is 5.84 Å². The van der Waals surface area contributed by atoms with Crippen LogP contribution in [0.15, 0.2) is 59.4 Å². The quantitative estimate of drug-likeness (QED) is 0.166. The van der Waals surface area contributed by atoms with Gasteiger partial charge in [-0.05, 0) is 29.7 Å². The second kappa shape index (κ2) is 7.86. The standard InChI is InChI=1S/C11H8O5.C7H8N2O/c12-6-3-1-2-5-4-7(13)10(15)11(16)8(5)9(6)14;8-9-7(10)6-4-2-1-3-5-6/h1-4,13,15-16H,(H,12,14);1-5H,8H2,(H,9,10). The summed E-state index contributed by atoms with van der Waals surface area (Å²) in [5, 5.41) is 37.4. The number of carbonyl (C=O) groups excluding carboxylic acids is 1. The highest BCUT2D eigenvalue weighted by molar-refractivity contribution is 5.93. The third kappa shape index (κ3) is 3.82. The minimum Gasteiger partial charge on any atom is -0.504 e. The molecule has 7 N–H and O–H groups in total. The summed E-state index contributed by atoms with van der Waals surface area (Å²) in [5.74, 6) is 2.04. The van der Waals surface area contributed by atoms with Crippen molar-refractivity contribution in [3.05, 3.63) is 70.4 Å². The van der Waals surface area contributed by atoms with Gasteiger partial charge in [0, 0.05) is 5.56 Å². The molecule has 3 aromatic carbocycles. The first-order chi connectivity index (χ1) is 12.4. The van der Waals surface area contributed by atoms with Crippen LogP contribution in [0.3, 0.4) is 0 Å². The van der Waals surface area contributed by atoms with E-state index in [4.69, 9.17) is 5.84 Å². The lowest BCUT2D eigenvalue weighted by Gasteiger charge is -2.02. The zero-order valence-electron chi connectivity index (χ0n) is 13.4. The van der Waals surface area contributed by atoms with Crippen molar-refractivity contribution in [2.45, 2.75) is 0 Å². The number of hydrazine groups is 1. The number of hydrogen-bond acceptors (Lipinski definition) is 7. The zero-order valence-corrected chi connectivity index (χ0v) is 13.4. The van der Waals surface area contributed by atoms with E-state index in [2.05, 4.69) is 0 Å². The molecule has 0 aromatic heterocycles. The van der Waals surface area contributed by atoms with Crippen LogP contribution < -0.4 is 16.7 Å². The van der Waals surface area contributed by atoms with Gasteiger partial charge in [-0.15, -0.1) is 0 Å². The predicted molar refractivity (Wildman–Crippen MR) is 95.0 cm³/mol. The molecule has 134 valence electrons. The molecule has 0 fully saturated rings. The van der Waals surface area contributed by atoms with Crippen LogP contribution in [0.4, 0.5) is 0 Å². The van der Waals surface area contributed by atoms with Crippen LogP contribution in [0.1, 0.15) is 10.4 Å². The second-order valence-electron chi connectivity index (χ2n) is 5.14. The van der Waals surface area contributed by atoms with Crippen LogP contribution in [0, 0.1) is 0 Å². The molecule has 8 heteroatoms. The van der Waals surface area contributed by atoms with E-state index in [9.17, 15) is 30.0 Å². The maximum absolute atomic E-state index is 11.6. The summed E-state index contributed by atoms with van der Waals surface area (Å²) in [6.07, 6.45) is 0. The first-order valence-corrected chi connectivity index (χ1v) is 7.32. The van der Waals surface area contributed by atoms with Crippen LogP contribution in [0.5, 0.6) is 23.0 Å². The molecule has 26 heavy (non-hydrogen) atoms. The largest absolute Gasteiger partial charge is 0.504 e. The van der Waals surface area contributed by atoms with Crippen LogP contribution in [0.25, 0.3) is 10.8 Å². The van der Waals surface area contributed by atoms with Crippen LogP contribution in [0.2, 0.25) is 0 Å². The Balaban J connectivity index is 0.000000209. The van der Waals surface area contributed by atoms with Crippen LogP contribution in [-0.4, -0.2) is 26.3 Å². The summed E-state index contributed by atoms with van der Waals surface area (Å²) in [6.45, 7) is 0. The average molecular weight is 356 g/mol. The van der Waals surface area contributed by atoms with Gasteiger partial charge in [0.15, 0.2) is 17.2 Å². The monoisotopic (exact) mass is 356 g/mol. The smallest absolute Gasteiger partial charge is 0.265 e. The maximum atomic E-state index is 11.6. The Hall–Kier alpha value is -3.78. The van der Waals surface area contributed by atoms with E-state index in [0.29, 0.717) is 5.56 Å². The van der Waals surface area contributed by atoms with E-state index in [1.165, 1.54) is 12.1 Å². The van der Waals surface area contributed by atoms with Crippen LogP contribution >= 0.6 is 0 Å². The molecule has 0 radical (unpaired) electrons. The molecule has 0 heterocycles. The number of fused-ring (bicyclic) bond motifs is 1. The highest BCUT2D eigenvalue weighted by atomic mass is 16.3. The summed E-state index contributed by atoms with van der Waals surface area (Å²) in [7, 11) is 0. The topological polar surface area (TPSA) is 153 Å². The summed E-state index contributed by atoms with van der Waals surface area (Å²) < 4.78 is 0. The minimum atomic E-state index is -0.812. The number of aromatic hydroxyl groups is 4. The zero-order chi connectivity index (χ0) is 19.3. The fourth-order valence-electron chi connectivity index (χ4n) is 2.15. The van der Waals surface area contributed by atoms with Crippen molar-refractivity contribution >= 4 is 16.7 Å². The number of rotatable bonds is 1.